The third-order valence-electron chi connectivity index (χ3n) is 2.03. The van der Waals surface area contributed by atoms with Crippen LogP contribution in [0.25, 0.3) is 0 Å². The van der Waals surface area contributed by atoms with E-state index in [2.05, 4.69) is 20.8 Å². The maximum Gasteiger partial charge on any atom is 0.124 e. The number of hydrogen-bond donors (Lipinski definition) is 0. The van der Waals surface area contributed by atoms with Crippen LogP contribution in [0, 0.1) is 0 Å². The van der Waals surface area contributed by atoms with Crippen LogP contribution >= 0.6 is 11.6 Å². The van der Waals surface area contributed by atoms with E-state index in [-0.39, 0.29) is 5.41 Å². The summed E-state index contributed by atoms with van der Waals surface area (Å²) in [5.74, 6) is 0.896. The minimum absolute atomic E-state index is 0.0167. The lowest BCUT2D eigenvalue weighted by Gasteiger charge is -2.23. The molecule has 1 aromatic rings. The SMILES string of the molecule is CCOc1cccc(Cl)c1C(C)(C)C. The molecule has 0 unspecified atom stereocenters. The Balaban J connectivity index is 3.22. The van der Waals surface area contributed by atoms with Crippen LogP contribution in [0.3, 0.4) is 0 Å². The summed E-state index contributed by atoms with van der Waals surface area (Å²) in [6.45, 7) is 9.06. The molecule has 0 aliphatic rings. The Bertz CT molecular complexity index is 313. The molecule has 0 saturated heterocycles. The summed E-state index contributed by atoms with van der Waals surface area (Å²) in [5, 5.41) is 0.781. The summed E-state index contributed by atoms with van der Waals surface area (Å²) in [4.78, 5) is 0. The average Bonchev–Trinajstić information content (AvgIpc) is 2.02. The quantitative estimate of drug-likeness (QED) is 0.719. The molecule has 1 rings (SSSR count). The van der Waals surface area contributed by atoms with Crippen LogP contribution in [0.4, 0.5) is 0 Å². The first-order valence-electron chi connectivity index (χ1n) is 4.88. The highest BCUT2D eigenvalue weighted by atomic mass is 35.5. The molecule has 1 nitrogen and oxygen atoms in total. The van der Waals surface area contributed by atoms with Crippen molar-refractivity contribution in [2.75, 3.05) is 6.61 Å². The van der Waals surface area contributed by atoms with Crippen LogP contribution in [0.1, 0.15) is 33.3 Å². The van der Waals surface area contributed by atoms with Gasteiger partial charge in [-0.05, 0) is 24.5 Å². The van der Waals surface area contributed by atoms with Gasteiger partial charge < -0.3 is 4.74 Å². The van der Waals surface area contributed by atoms with Gasteiger partial charge in [-0.25, -0.2) is 0 Å². The first-order chi connectivity index (χ1) is 6.46. The fraction of sp³-hybridized carbons (Fsp3) is 0.500. The summed E-state index contributed by atoms with van der Waals surface area (Å²) in [5.41, 5.74) is 1.10. The van der Waals surface area contributed by atoms with E-state index in [1.54, 1.807) is 0 Å². The number of rotatable bonds is 2. The molecule has 2 heteroatoms. The van der Waals surface area contributed by atoms with E-state index in [1.807, 2.05) is 25.1 Å². The summed E-state index contributed by atoms with van der Waals surface area (Å²) in [6.07, 6.45) is 0. The van der Waals surface area contributed by atoms with Gasteiger partial charge in [0.05, 0.1) is 6.61 Å². The van der Waals surface area contributed by atoms with E-state index in [0.29, 0.717) is 6.61 Å². The maximum atomic E-state index is 6.17. The van der Waals surface area contributed by atoms with E-state index in [9.17, 15) is 0 Å². The van der Waals surface area contributed by atoms with Gasteiger partial charge >= 0.3 is 0 Å². The summed E-state index contributed by atoms with van der Waals surface area (Å²) in [6, 6.07) is 5.79. The largest absolute Gasteiger partial charge is 0.494 e. The van der Waals surface area contributed by atoms with Gasteiger partial charge in [-0.15, -0.1) is 0 Å². The van der Waals surface area contributed by atoms with Gasteiger partial charge in [-0.2, -0.15) is 0 Å². The second-order valence-corrected chi connectivity index (χ2v) is 4.70. The Morgan fingerprint density at radius 1 is 1.29 bits per heavy atom. The third kappa shape index (κ3) is 2.42. The smallest absolute Gasteiger partial charge is 0.124 e. The van der Waals surface area contributed by atoms with E-state index in [1.165, 1.54) is 0 Å². The monoisotopic (exact) mass is 212 g/mol. The second-order valence-electron chi connectivity index (χ2n) is 4.30. The molecule has 0 radical (unpaired) electrons. The van der Waals surface area contributed by atoms with Crippen molar-refractivity contribution < 1.29 is 4.74 Å². The Morgan fingerprint density at radius 2 is 1.93 bits per heavy atom. The standard InChI is InChI=1S/C12H17ClO/c1-5-14-10-8-6-7-9(13)11(10)12(2,3)4/h6-8H,5H2,1-4H3. The van der Waals surface area contributed by atoms with Crippen LogP contribution in [0.15, 0.2) is 18.2 Å². The van der Waals surface area contributed by atoms with E-state index in [4.69, 9.17) is 16.3 Å². The Labute approximate surface area is 91.0 Å². The molecule has 0 heterocycles. The maximum absolute atomic E-state index is 6.17. The van der Waals surface area contributed by atoms with E-state index < -0.39 is 0 Å². The minimum atomic E-state index is 0.0167. The van der Waals surface area contributed by atoms with Gasteiger partial charge in [-0.3, -0.25) is 0 Å². The van der Waals surface area contributed by atoms with Gasteiger partial charge in [0, 0.05) is 10.6 Å². The normalized spacial score (nSPS) is 11.5. The van der Waals surface area contributed by atoms with Gasteiger partial charge in [0.2, 0.25) is 0 Å². The lowest BCUT2D eigenvalue weighted by Crippen LogP contribution is -2.14. The van der Waals surface area contributed by atoms with Gasteiger partial charge in [0.15, 0.2) is 0 Å². The van der Waals surface area contributed by atoms with Crippen molar-refractivity contribution in [1.82, 2.24) is 0 Å². The van der Waals surface area contributed by atoms with Crippen molar-refractivity contribution in [3.05, 3.63) is 28.8 Å². The van der Waals surface area contributed by atoms with E-state index >= 15 is 0 Å². The zero-order chi connectivity index (χ0) is 10.8. The fourth-order valence-corrected chi connectivity index (χ4v) is 1.96. The number of ether oxygens (including phenoxy) is 1. The third-order valence-corrected chi connectivity index (χ3v) is 2.34. The highest BCUT2D eigenvalue weighted by Gasteiger charge is 2.21. The zero-order valence-corrected chi connectivity index (χ0v) is 9.98. The molecular weight excluding hydrogens is 196 g/mol. The summed E-state index contributed by atoms with van der Waals surface area (Å²) < 4.78 is 5.56. The van der Waals surface area contributed by atoms with Crippen LogP contribution in [0.5, 0.6) is 5.75 Å². The van der Waals surface area contributed by atoms with Gasteiger partial charge in [0.25, 0.3) is 0 Å². The molecule has 0 aliphatic carbocycles. The average molecular weight is 213 g/mol. The summed E-state index contributed by atoms with van der Waals surface area (Å²) >= 11 is 6.17. The predicted molar refractivity (Wildman–Crippen MR) is 61.3 cm³/mol. The Kier molecular flexibility index (Phi) is 3.43. The molecule has 0 aromatic heterocycles. The molecule has 0 fully saturated rings. The van der Waals surface area contributed by atoms with Crippen LogP contribution in [-0.2, 0) is 5.41 Å². The second kappa shape index (κ2) is 4.22. The van der Waals surface area contributed by atoms with Crippen molar-refractivity contribution in [3.63, 3.8) is 0 Å². The topological polar surface area (TPSA) is 9.23 Å². The first-order valence-corrected chi connectivity index (χ1v) is 5.26. The molecule has 0 aliphatic heterocycles. The van der Waals surface area contributed by atoms with E-state index in [0.717, 1.165) is 16.3 Å². The van der Waals surface area contributed by atoms with Crippen LogP contribution in [-0.4, -0.2) is 6.61 Å². The molecule has 14 heavy (non-hydrogen) atoms. The highest BCUT2D eigenvalue weighted by molar-refractivity contribution is 6.31. The number of benzene rings is 1. The number of halogens is 1. The molecule has 0 saturated carbocycles. The summed E-state index contributed by atoms with van der Waals surface area (Å²) in [7, 11) is 0. The van der Waals surface area contributed by atoms with Crippen LogP contribution in [0.2, 0.25) is 5.02 Å². The molecule has 0 spiro atoms. The van der Waals surface area contributed by atoms with Gasteiger partial charge in [0.1, 0.15) is 5.75 Å². The molecule has 1 aromatic carbocycles. The van der Waals surface area contributed by atoms with Crippen molar-refractivity contribution in [3.8, 4) is 5.75 Å². The molecule has 0 amide bonds. The number of hydrogen-bond acceptors (Lipinski definition) is 1. The predicted octanol–water partition coefficient (Wildman–Crippen LogP) is 4.04. The molecular formula is C12H17ClO. The minimum Gasteiger partial charge on any atom is -0.494 e. The first kappa shape index (κ1) is 11.4. The molecule has 0 bridgehead atoms. The molecule has 78 valence electrons. The lowest BCUT2D eigenvalue weighted by molar-refractivity contribution is 0.330. The Hall–Kier alpha value is -0.690. The molecule has 0 atom stereocenters. The zero-order valence-electron chi connectivity index (χ0n) is 9.23. The highest BCUT2D eigenvalue weighted by Crippen LogP contribution is 2.36. The molecule has 0 N–H and O–H groups in total. The van der Waals surface area contributed by atoms with Crippen molar-refractivity contribution in [2.45, 2.75) is 33.1 Å². The van der Waals surface area contributed by atoms with Crippen molar-refractivity contribution in [2.24, 2.45) is 0 Å². The van der Waals surface area contributed by atoms with Crippen LogP contribution < -0.4 is 4.74 Å². The van der Waals surface area contributed by atoms with Crippen molar-refractivity contribution >= 4 is 11.6 Å². The fourth-order valence-electron chi connectivity index (χ4n) is 1.51. The van der Waals surface area contributed by atoms with Crippen molar-refractivity contribution in [1.29, 1.82) is 0 Å². The Morgan fingerprint density at radius 3 is 2.43 bits per heavy atom. The van der Waals surface area contributed by atoms with Gasteiger partial charge in [-0.1, -0.05) is 38.4 Å². The lowest BCUT2D eigenvalue weighted by atomic mass is 9.86.